The molecule has 2 aromatic carbocycles. The molecule has 2 aromatic heterocycles. The first-order valence-electron chi connectivity index (χ1n) is 7.84. The first-order valence-corrected chi connectivity index (χ1v) is 11.3. The van der Waals surface area contributed by atoms with E-state index in [0.29, 0.717) is 0 Å². The predicted molar refractivity (Wildman–Crippen MR) is 98.8 cm³/mol. The Labute approximate surface area is 156 Å². The molecule has 0 aliphatic carbocycles. The average Bonchev–Trinajstić information content (AvgIpc) is 2.92. The van der Waals surface area contributed by atoms with E-state index >= 15 is 0 Å². The van der Waals surface area contributed by atoms with Crippen LogP contribution in [0, 0.1) is 6.07 Å². The molecule has 4 rings (SSSR count). The minimum atomic E-state index is -1.54. The van der Waals surface area contributed by atoms with Crippen molar-refractivity contribution in [2.24, 2.45) is 0 Å². The molecular weight excluding hydrogens is 491 g/mol. The number of hydrogen-bond acceptors (Lipinski definition) is 2. The van der Waals surface area contributed by atoms with Crippen LogP contribution < -0.4 is 5.32 Å². The molecule has 0 unspecified atom stereocenters. The first kappa shape index (κ1) is 17.1. The Morgan fingerprint density at radius 2 is 1.71 bits per heavy atom. The SMILES string of the molecule is C[Si](C)(C)c1cc2c(oc3ccccc32)c(-c2[c-]cccc2)n1.[Ir]. The summed E-state index contributed by atoms with van der Waals surface area (Å²) in [5, 5.41) is 3.51. The van der Waals surface area contributed by atoms with Crippen LogP contribution in [0.2, 0.25) is 19.6 Å². The van der Waals surface area contributed by atoms with Crippen molar-refractivity contribution in [2.45, 2.75) is 19.6 Å². The number of nitrogens with zero attached hydrogens (tertiary/aromatic N) is 1. The molecule has 0 spiro atoms. The molecule has 0 amide bonds. The van der Waals surface area contributed by atoms with Gasteiger partial charge in [-0.1, -0.05) is 37.8 Å². The van der Waals surface area contributed by atoms with E-state index in [1.807, 2.05) is 36.4 Å². The number of benzene rings is 2. The fourth-order valence-electron chi connectivity index (χ4n) is 2.83. The van der Waals surface area contributed by atoms with Gasteiger partial charge in [-0.3, -0.25) is 0 Å². The van der Waals surface area contributed by atoms with Crippen molar-refractivity contribution >= 4 is 35.3 Å². The molecule has 123 valence electrons. The van der Waals surface area contributed by atoms with Crippen molar-refractivity contribution in [3.63, 3.8) is 0 Å². The van der Waals surface area contributed by atoms with Crippen LogP contribution >= 0.6 is 0 Å². The van der Waals surface area contributed by atoms with Crippen molar-refractivity contribution in [1.29, 1.82) is 0 Å². The van der Waals surface area contributed by atoms with E-state index in [2.05, 4.69) is 43.9 Å². The van der Waals surface area contributed by atoms with Crippen molar-refractivity contribution < 1.29 is 24.5 Å². The van der Waals surface area contributed by atoms with E-state index in [9.17, 15) is 0 Å². The number of aromatic nitrogens is 1. The number of rotatable bonds is 2. The van der Waals surface area contributed by atoms with E-state index < -0.39 is 8.07 Å². The van der Waals surface area contributed by atoms with Gasteiger partial charge in [0.05, 0.1) is 8.07 Å². The van der Waals surface area contributed by atoms with Crippen LogP contribution in [0.4, 0.5) is 0 Å². The molecule has 2 heterocycles. The Kier molecular flexibility index (Phi) is 4.47. The molecule has 0 N–H and O–H groups in total. The summed E-state index contributed by atoms with van der Waals surface area (Å²) >= 11 is 0. The Bertz CT molecular complexity index is 1000. The largest absolute Gasteiger partial charge is 0.464 e. The summed E-state index contributed by atoms with van der Waals surface area (Å²) in [5.41, 5.74) is 3.65. The number of pyridine rings is 1. The van der Waals surface area contributed by atoms with Gasteiger partial charge in [-0.25, -0.2) is 0 Å². The summed E-state index contributed by atoms with van der Waals surface area (Å²) in [4.78, 5) is 4.97. The van der Waals surface area contributed by atoms with Crippen LogP contribution in [-0.2, 0) is 20.1 Å². The second kappa shape index (κ2) is 6.28. The zero-order valence-electron chi connectivity index (χ0n) is 13.9. The van der Waals surface area contributed by atoms with Gasteiger partial charge in [0, 0.05) is 41.9 Å². The Balaban J connectivity index is 0.00000169. The molecule has 4 heteroatoms. The maximum Gasteiger partial charge on any atom is 0.134 e. The molecular formula is C20H18IrNOSi-. The normalized spacial score (nSPS) is 11.6. The fourth-order valence-corrected chi connectivity index (χ4v) is 3.86. The van der Waals surface area contributed by atoms with Crippen LogP contribution in [0.3, 0.4) is 0 Å². The third kappa shape index (κ3) is 2.86. The van der Waals surface area contributed by atoms with Gasteiger partial charge in [-0.15, -0.1) is 35.9 Å². The molecule has 2 nitrogen and oxygen atoms in total. The molecule has 0 saturated heterocycles. The monoisotopic (exact) mass is 509 g/mol. The molecule has 1 radical (unpaired) electrons. The molecule has 0 aliphatic heterocycles. The van der Waals surface area contributed by atoms with E-state index in [1.54, 1.807) is 0 Å². The standard InChI is InChI=1S/C20H18NOSi.Ir/c1-23(2,3)18-13-16-15-11-7-8-12-17(15)22-20(16)19(21-18)14-9-5-4-6-10-14;/h4-9,11-13H,1-3H3;/q-1;. The van der Waals surface area contributed by atoms with Crippen molar-refractivity contribution in [2.75, 3.05) is 0 Å². The Hall–Kier alpha value is -1.74. The van der Waals surface area contributed by atoms with Crippen LogP contribution in [0.1, 0.15) is 0 Å². The van der Waals surface area contributed by atoms with Gasteiger partial charge >= 0.3 is 0 Å². The van der Waals surface area contributed by atoms with E-state index in [1.165, 1.54) is 5.32 Å². The second-order valence-corrected chi connectivity index (χ2v) is 11.9. The average molecular weight is 509 g/mol. The van der Waals surface area contributed by atoms with Gasteiger partial charge in [0.2, 0.25) is 0 Å². The number of fused-ring (bicyclic) bond motifs is 3. The maximum atomic E-state index is 6.14. The number of para-hydroxylation sites is 1. The van der Waals surface area contributed by atoms with E-state index in [0.717, 1.165) is 33.2 Å². The number of furan rings is 1. The van der Waals surface area contributed by atoms with Crippen molar-refractivity contribution in [3.8, 4) is 11.3 Å². The molecule has 0 fully saturated rings. The van der Waals surface area contributed by atoms with Crippen LogP contribution in [-0.4, -0.2) is 13.1 Å². The topological polar surface area (TPSA) is 26.0 Å². The summed E-state index contributed by atoms with van der Waals surface area (Å²) in [6, 6.07) is 21.7. The quantitative estimate of drug-likeness (QED) is 0.282. The summed E-state index contributed by atoms with van der Waals surface area (Å²) in [5.74, 6) is 0. The van der Waals surface area contributed by atoms with Crippen LogP contribution in [0.5, 0.6) is 0 Å². The molecule has 4 aromatic rings. The minimum Gasteiger partial charge on any atom is -0.464 e. The van der Waals surface area contributed by atoms with E-state index in [4.69, 9.17) is 9.40 Å². The zero-order valence-corrected chi connectivity index (χ0v) is 17.3. The zero-order chi connectivity index (χ0) is 16.0. The second-order valence-electron chi connectivity index (χ2n) is 6.86. The summed E-state index contributed by atoms with van der Waals surface area (Å²) in [7, 11) is -1.54. The third-order valence-corrected chi connectivity index (χ3v) is 5.89. The molecule has 24 heavy (non-hydrogen) atoms. The van der Waals surface area contributed by atoms with Gasteiger partial charge in [0.1, 0.15) is 11.2 Å². The van der Waals surface area contributed by atoms with Gasteiger partial charge in [-0.2, -0.15) is 0 Å². The van der Waals surface area contributed by atoms with Crippen molar-refractivity contribution in [1.82, 2.24) is 4.98 Å². The minimum absolute atomic E-state index is 0. The van der Waals surface area contributed by atoms with Gasteiger partial charge in [0.25, 0.3) is 0 Å². The van der Waals surface area contributed by atoms with Crippen LogP contribution in [0.15, 0.2) is 59.0 Å². The number of hydrogen-bond donors (Lipinski definition) is 0. The Morgan fingerprint density at radius 3 is 2.42 bits per heavy atom. The first-order chi connectivity index (χ1) is 11.0. The maximum absolute atomic E-state index is 6.14. The summed E-state index contributed by atoms with van der Waals surface area (Å²) in [6.07, 6.45) is 0. The molecule has 0 saturated carbocycles. The van der Waals surface area contributed by atoms with Gasteiger partial charge in [-0.05, 0) is 12.1 Å². The third-order valence-electron chi connectivity index (χ3n) is 4.09. The summed E-state index contributed by atoms with van der Waals surface area (Å²) < 4.78 is 6.14. The van der Waals surface area contributed by atoms with Gasteiger partial charge in [0.15, 0.2) is 0 Å². The molecule has 0 aliphatic rings. The fraction of sp³-hybridized carbons (Fsp3) is 0.150. The molecule has 0 atom stereocenters. The smallest absolute Gasteiger partial charge is 0.134 e. The van der Waals surface area contributed by atoms with Crippen molar-refractivity contribution in [3.05, 3.63) is 60.7 Å². The van der Waals surface area contributed by atoms with Gasteiger partial charge < -0.3 is 9.40 Å². The summed E-state index contributed by atoms with van der Waals surface area (Å²) in [6.45, 7) is 6.96. The Morgan fingerprint density at radius 1 is 0.958 bits per heavy atom. The predicted octanol–water partition coefficient (Wildman–Crippen LogP) is 4.99. The van der Waals surface area contributed by atoms with Crippen LogP contribution in [0.25, 0.3) is 33.2 Å². The molecule has 0 bridgehead atoms. The van der Waals surface area contributed by atoms with E-state index in [-0.39, 0.29) is 20.1 Å².